The summed E-state index contributed by atoms with van der Waals surface area (Å²) in [7, 11) is 1.63. The van der Waals surface area contributed by atoms with Crippen molar-refractivity contribution in [3.63, 3.8) is 0 Å². The number of benzene rings is 1. The van der Waals surface area contributed by atoms with Gasteiger partial charge in [0.15, 0.2) is 0 Å². The average molecular weight is 341 g/mol. The number of aromatic nitrogens is 1. The molecule has 1 atom stereocenters. The molecule has 1 aromatic carbocycles. The third-order valence-electron chi connectivity index (χ3n) is 4.37. The lowest BCUT2D eigenvalue weighted by molar-refractivity contribution is 0.0633. The summed E-state index contributed by atoms with van der Waals surface area (Å²) >= 11 is 0. The first-order valence-electron chi connectivity index (χ1n) is 8.43. The van der Waals surface area contributed by atoms with Crippen LogP contribution in [0.3, 0.4) is 0 Å². The molecule has 2 aromatic rings. The fourth-order valence-corrected chi connectivity index (χ4v) is 3.01. The number of methoxy groups -OCH3 is 1. The van der Waals surface area contributed by atoms with E-state index in [9.17, 15) is 4.79 Å². The summed E-state index contributed by atoms with van der Waals surface area (Å²) in [5.74, 6) is 2.28. The Hall–Kier alpha value is -2.76. The van der Waals surface area contributed by atoms with Crippen molar-refractivity contribution in [1.82, 2.24) is 9.88 Å². The summed E-state index contributed by atoms with van der Waals surface area (Å²) in [5.41, 5.74) is 6.15. The van der Waals surface area contributed by atoms with Crippen molar-refractivity contribution in [3.8, 4) is 11.5 Å². The van der Waals surface area contributed by atoms with Gasteiger partial charge in [0, 0.05) is 31.3 Å². The Morgan fingerprint density at radius 1 is 1.32 bits per heavy atom. The molecule has 1 aromatic heterocycles. The van der Waals surface area contributed by atoms with Crippen molar-refractivity contribution in [3.05, 3.63) is 48.2 Å². The number of pyridine rings is 1. The van der Waals surface area contributed by atoms with E-state index in [1.165, 1.54) is 6.20 Å². The lowest BCUT2D eigenvalue weighted by atomic mass is 9.98. The normalized spacial score (nSPS) is 17.2. The molecule has 0 aliphatic carbocycles. The Balaban J connectivity index is 1.57. The molecule has 6 nitrogen and oxygen atoms in total. The first kappa shape index (κ1) is 17.1. The molecule has 1 aliphatic heterocycles. The minimum absolute atomic E-state index is 0.00131. The number of likely N-dealkylation sites (tertiary alicyclic amines) is 1. The number of hydrogen-bond acceptors (Lipinski definition) is 5. The zero-order valence-electron chi connectivity index (χ0n) is 14.4. The van der Waals surface area contributed by atoms with Gasteiger partial charge in [-0.25, -0.2) is 4.98 Å². The second-order valence-corrected chi connectivity index (χ2v) is 6.22. The van der Waals surface area contributed by atoms with E-state index < -0.39 is 0 Å². The summed E-state index contributed by atoms with van der Waals surface area (Å²) < 4.78 is 11.1. The fraction of sp³-hybridized carbons (Fsp3) is 0.368. The smallest absolute Gasteiger partial charge is 0.255 e. The number of amides is 1. The minimum Gasteiger partial charge on any atom is -0.497 e. The summed E-state index contributed by atoms with van der Waals surface area (Å²) in [6.45, 7) is 2.03. The monoisotopic (exact) mass is 341 g/mol. The van der Waals surface area contributed by atoms with E-state index in [1.54, 1.807) is 19.2 Å². The first-order valence-corrected chi connectivity index (χ1v) is 8.43. The summed E-state index contributed by atoms with van der Waals surface area (Å²) in [5, 5.41) is 0. The van der Waals surface area contributed by atoms with Gasteiger partial charge in [-0.1, -0.05) is 6.07 Å². The molecular formula is C19H23N3O3. The van der Waals surface area contributed by atoms with Gasteiger partial charge in [0.05, 0.1) is 19.3 Å². The zero-order chi connectivity index (χ0) is 17.6. The lowest BCUT2D eigenvalue weighted by Crippen LogP contribution is -2.41. The number of ether oxygens (including phenoxy) is 2. The summed E-state index contributed by atoms with van der Waals surface area (Å²) in [6.07, 6.45) is 3.56. The molecule has 2 heterocycles. The standard InChI is InChI=1S/C19H23N3O3/c1-24-16-5-2-6-17(10-16)25-13-14-4-3-9-22(12-14)19(23)15-7-8-18(20)21-11-15/h2,5-8,10-11,14H,3-4,9,12-13H2,1H3,(H2,20,21)/t14-/m1/s1. The van der Waals surface area contributed by atoms with E-state index in [4.69, 9.17) is 15.2 Å². The van der Waals surface area contributed by atoms with Crippen LogP contribution >= 0.6 is 0 Å². The SMILES string of the molecule is COc1cccc(OC[C@@H]2CCCN(C(=O)c3ccc(N)nc3)C2)c1. The highest BCUT2D eigenvalue weighted by molar-refractivity contribution is 5.94. The van der Waals surface area contributed by atoms with E-state index in [1.807, 2.05) is 29.2 Å². The summed E-state index contributed by atoms with van der Waals surface area (Å²) in [6, 6.07) is 10.9. The van der Waals surface area contributed by atoms with Crippen LogP contribution in [-0.2, 0) is 0 Å². The third-order valence-corrected chi connectivity index (χ3v) is 4.37. The molecule has 6 heteroatoms. The van der Waals surface area contributed by atoms with Crippen LogP contribution in [0.2, 0.25) is 0 Å². The molecule has 0 spiro atoms. The Morgan fingerprint density at radius 2 is 2.16 bits per heavy atom. The van der Waals surface area contributed by atoms with Gasteiger partial charge in [-0.2, -0.15) is 0 Å². The second kappa shape index (κ2) is 7.88. The van der Waals surface area contributed by atoms with Crippen LogP contribution in [0.15, 0.2) is 42.6 Å². The molecule has 1 amide bonds. The molecule has 25 heavy (non-hydrogen) atoms. The number of piperidine rings is 1. The van der Waals surface area contributed by atoms with Gasteiger partial charge in [0.25, 0.3) is 5.91 Å². The van der Waals surface area contributed by atoms with Crippen molar-refractivity contribution in [2.24, 2.45) is 5.92 Å². The van der Waals surface area contributed by atoms with Gasteiger partial charge in [0.1, 0.15) is 17.3 Å². The quantitative estimate of drug-likeness (QED) is 0.904. The summed E-state index contributed by atoms with van der Waals surface area (Å²) in [4.78, 5) is 18.5. The number of carbonyl (C=O) groups is 1. The number of hydrogen-bond donors (Lipinski definition) is 1. The Bertz CT molecular complexity index is 718. The maximum atomic E-state index is 12.6. The third kappa shape index (κ3) is 4.41. The molecule has 1 aliphatic rings. The van der Waals surface area contributed by atoms with Crippen LogP contribution in [0.25, 0.3) is 0 Å². The maximum Gasteiger partial charge on any atom is 0.255 e. The van der Waals surface area contributed by atoms with E-state index in [2.05, 4.69) is 4.98 Å². The highest BCUT2D eigenvalue weighted by Crippen LogP contribution is 2.23. The van der Waals surface area contributed by atoms with Gasteiger partial charge < -0.3 is 20.1 Å². The number of nitrogens with two attached hydrogens (primary N) is 1. The van der Waals surface area contributed by atoms with Gasteiger partial charge >= 0.3 is 0 Å². The van der Waals surface area contributed by atoms with E-state index in [0.29, 0.717) is 30.5 Å². The number of anilines is 1. The molecule has 2 N–H and O–H groups in total. The maximum absolute atomic E-state index is 12.6. The van der Waals surface area contributed by atoms with E-state index in [0.717, 1.165) is 30.9 Å². The Morgan fingerprint density at radius 3 is 2.92 bits per heavy atom. The molecule has 0 saturated carbocycles. The molecule has 0 unspecified atom stereocenters. The lowest BCUT2D eigenvalue weighted by Gasteiger charge is -2.32. The van der Waals surface area contributed by atoms with Crippen molar-refractivity contribution < 1.29 is 14.3 Å². The molecule has 1 saturated heterocycles. The number of nitrogens with zero attached hydrogens (tertiary/aromatic N) is 2. The number of rotatable bonds is 5. The van der Waals surface area contributed by atoms with Crippen molar-refractivity contribution in [2.75, 3.05) is 32.5 Å². The largest absolute Gasteiger partial charge is 0.497 e. The van der Waals surface area contributed by atoms with Crippen molar-refractivity contribution in [1.29, 1.82) is 0 Å². The van der Waals surface area contributed by atoms with Gasteiger partial charge in [0.2, 0.25) is 0 Å². The molecule has 1 fully saturated rings. The van der Waals surface area contributed by atoms with Gasteiger partial charge in [-0.3, -0.25) is 4.79 Å². The molecule has 132 valence electrons. The van der Waals surface area contributed by atoms with E-state index >= 15 is 0 Å². The predicted molar refractivity (Wildman–Crippen MR) is 95.8 cm³/mol. The molecular weight excluding hydrogens is 318 g/mol. The number of nitrogen functional groups attached to an aromatic ring is 1. The van der Waals surface area contributed by atoms with E-state index in [-0.39, 0.29) is 5.91 Å². The topological polar surface area (TPSA) is 77.7 Å². The Labute approximate surface area is 147 Å². The zero-order valence-corrected chi connectivity index (χ0v) is 14.4. The van der Waals surface area contributed by atoms with Gasteiger partial charge in [-0.05, 0) is 37.1 Å². The average Bonchev–Trinajstić information content (AvgIpc) is 2.67. The Kier molecular flexibility index (Phi) is 5.38. The van der Waals surface area contributed by atoms with Crippen molar-refractivity contribution >= 4 is 11.7 Å². The van der Waals surface area contributed by atoms with Crippen LogP contribution in [0.1, 0.15) is 23.2 Å². The van der Waals surface area contributed by atoms with Crippen molar-refractivity contribution in [2.45, 2.75) is 12.8 Å². The van der Waals surface area contributed by atoms with Crippen LogP contribution in [-0.4, -0.2) is 42.6 Å². The van der Waals surface area contributed by atoms with Gasteiger partial charge in [-0.15, -0.1) is 0 Å². The minimum atomic E-state index is -0.00131. The molecule has 0 radical (unpaired) electrons. The highest BCUT2D eigenvalue weighted by Gasteiger charge is 2.25. The van der Waals surface area contributed by atoms with Crippen LogP contribution in [0, 0.1) is 5.92 Å². The molecule has 0 bridgehead atoms. The first-order chi connectivity index (χ1) is 12.2. The fourth-order valence-electron chi connectivity index (χ4n) is 3.01. The second-order valence-electron chi connectivity index (χ2n) is 6.22. The predicted octanol–water partition coefficient (Wildman–Crippen LogP) is 2.60. The molecule has 3 rings (SSSR count). The van der Waals surface area contributed by atoms with Crippen LogP contribution in [0.5, 0.6) is 11.5 Å². The van der Waals surface area contributed by atoms with Crippen LogP contribution in [0.4, 0.5) is 5.82 Å². The number of carbonyl (C=O) groups excluding carboxylic acids is 1. The highest BCUT2D eigenvalue weighted by atomic mass is 16.5. The van der Waals surface area contributed by atoms with Crippen LogP contribution < -0.4 is 15.2 Å².